The van der Waals surface area contributed by atoms with E-state index < -0.39 is 0 Å². The van der Waals surface area contributed by atoms with Gasteiger partial charge >= 0.3 is 0 Å². The van der Waals surface area contributed by atoms with Crippen molar-refractivity contribution in [2.24, 2.45) is 0 Å². The summed E-state index contributed by atoms with van der Waals surface area (Å²) in [5.41, 5.74) is 1.94. The van der Waals surface area contributed by atoms with E-state index in [2.05, 4.69) is 24.8 Å². The molecule has 0 aromatic carbocycles. The van der Waals surface area contributed by atoms with Gasteiger partial charge in [0.1, 0.15) is 11.6 Å². The van der Waals surface area contributed by atoms with Crippen molar-refractivity contribution in [1.29, 1.82) is 0 Å². The van der Waals surface area contributed by atoms with Gasteiger partial charge in [-0.3, -0.25) is 9.69 Å². The molecule has 0 radical (unpaired) electrons. The second kappa shape index (κ2) is 6.25. The van der Waals surface area contributed by atoms with Crippen molar-refractivity contribution in [2.75, 3.05) is 19.6 Å². The molecule has 0 N–H and O–H groups in total. The summed E-state index contributed by atoms with van der Waals surface area (Å²) in [6.07, 6.45) is 2.15. The van der Waals surface area contributed by atoms with Crippen molar-refractivity contribution >= 4 is 5.91 Å². The van der Waals surface area contributed by atoms with Crippen LogP contribution < -0.4 is 0 Å². The van der Waals surface area contributed by atoms with E-state index in [1.165, 1.54) is 0 Å². The molecule has 4 heterocycles. The molecule has 0 bridgehead atoms. The molecule has 1 amide bonds. The van der Waals surface area contributed by atoms with Gasteiger partial charge in [0, 0.05) is 38.3 Å². The minimum Gasteiger partial charge on any atom is -0.361 e. The lowest BCUT2D eigenvalue weighted by molar-refractivity contribution is -0.137. The molecule has 2 aliphatic heterocycles. The number of carbonyl (C=O) groups is 1. The lowest BCUT2D eigenvalue weighted by atomic mass is 10.1. The summed E-state index contributed by atoms with van der Waals surface area (Å²) in [6.45, 7) is 9.68. The van der Waals surface area contributed by atoms with Gasteiger partial charge in [-0.2, -0.15) is 0 Å². The summed E-state index contributed by atoms with van der Waals surface area (Å²) in [4.78, 5) is 17.4. The van der Waals surface area contributed by atoms with Crippen LogP contribution in [-0.2, 0) is 17.9 Å². The van der Waals surface area contributed by atoms with E-state index in [0.29, 0.717) is 6.54 Å². The van der Waals surface area contributed by atoms with Gasteiger partial charge in [-0.15, -0.1) is 10.2 Å². The lowest BCUT2D eigenvalue weighted by Crippen LogP contribution is -2.47. The molecular formula is C17H24N6O2. The third kappa shape index (κ3) is 2.74. The molecule has 1 atom stereocenters. The van der Waals surface area contributed by atoms with Crippen LogP contribution in [0.15, 0.2) is 4.52 Å². The molecule has 1 fully saturated rings. The molecule has 4 rings (SSSR count). The number of aryl methyl sites for hydroxylation is 3. The van der Waals surface area contributed by atoms with E-state index in [1.54, 1.807) is 0 Å². The van der Waals surface area contributed by atoms with Crippen LogP contribution in [0.4, 0.5) is 0 Å². The highest BCUT2D eigenvalue weighted by molar-refractivity contribution is 5.83. The molecule has 0 aliphatic carbocycles. The molecular weight excluding hydrogens is 320 g/mol. The molecule has 1 unspecified atom stereocenters. The maximum atomic E-state index is 13.2. The Bertz CT molecular complexity index is 770. The smallest absolute Gasteiger partial charge is 0.247 e. The van der Waals surface area contributed by atoms with Crippen molar-refractivity contribution < 1.29 is 9.32 Å². The Morgan fingerprint density at radius 3 is 2.56 bits per heavy atom. The van der Waals surface area contributed by atoms with Gasteiger partial charge in [-0.25, -0.2) is 0 Å². The Morgan fingerprint density at radius 2 is 1.88 bits per heavy atom. The highest BCUT2D eigenvalue weighted by atomic mass is 16.5. The zero-order chi connectivity index (χ0) is 17.6. The maximum absolute atomic E-state index is 13.2. The Kier molecular flexibility index (Phi) is 4.07. The van der Waals surface area contributed by atoms with E-state index in [4.69, 9.17) is 4.52 Å². The molecule has 2 aromatic heterocycles. The molecule has 134 valence electrons. The Morgan fingerprint density at radius 1 is 1.12 bits per heavy atom. The van der Waals surface area contributed by atoms with Crippen LogP contribution in [0.3, 0.4) is 0 Å². The van der Waals surface area contributed by atoms with Gasteiger partial charge in [0.25, 0.3) is 0 Å². The predicted molar refractivity (Wildman–Crippen MR) is 89.7 cm³/mol. The number of likely N-dealkylation sites (tertiary alicyclic amines) is 1. The van der Waals surface area contributed by atoms with Crippen LogP contribution in [0.2, 0.25) is 0 Å². The average Bonchev–Trinajstić information content (AvgIpc) is 3.32. The molecule has 2 aromatic rings. The number of aromatic nitrogens is 4. The van der Waals surface area contributed by atoms with E-state index in [1.807, 2.05) is 25.7 Å². The minimum atomic E-state index is -0.387. The fourth-order valence-corrected chi connectivity index (χ4v) is 3.87. The topological polar surface area (TPSA) is 80.3 Å². The summed E-state index contributed by atoms with van der Waals surface area (Å²) >= 11 is 0. The number of hydrogen-bond acceptors (Lipinski definition) is 6. The number of nitrogens with zero attached hydrogens (tertiary/aromatic N) is 6. The van der Waals surface area contributed by atoms with Gasteiger partial charge in [-0.1, -0.05) is 5.16 Å². The Hall–Kier alpha value is -2.22. The van der Waals surface area contributed by atoms with Crippen molar-refractivity contribution in [3.8, 4) is 0 Å². The number of hydrogen-bond donors (Lipinski definition) is 0. The molecule has 0 saturated carbocycles. The van der Waals surface area contributed by atoms with Crippen molar-refractivity contribution in [3.63, 3.8) is 0 Å². The van der Waals surface area contributed by atoms with Gasteiger partial charge in [0.2, 0.25) is 5.91 Å². The molecule has 0 spiro atoms. The number of fused-ring (bicyclic) bond motifs is 1. The van der Waals surface area contributed by atoms with Gasteiger partial charge in [0.05, 0.1) is 5.69 Å². The summed E-state index contributed by atoms with van der Waals surface area (Å²) in [5, 5.41) is 12.6. The van der Waals surface area contributed by atoms with Crippen LogP contribution in [0.1, 0.15) is 47.5 Å². The number of rotatable bonds is 3. The normalized spacial score (nSPS) is 20.9. The van der Waals surface area contributed by atoms with E-state index in [9.17, 15) is 4.79 Å². The number of carbonyl (C=O) groups excluding carboxylic acids is 1. The van der Waals surface area contributed by atoms with Gasteiger partial charge < -0.3 is 14.0 Å². The monoisotopic (exact) mass is 344 g/mol. The molecule has 2 aliphatic rings. The second-order valence-corrected chi connectivity index (χ2v) is 6.97. The van der Waals surface area contributed by atoms with Crippen LogP contribution in [0.25, 0.3) is 0 Å². The predicted octanol–water partition coefficient (Wildman–Crippen LogP) is 1.37. The Labute approximate surface area is 146 Å². The first-order chi connectivity index (χ1) is 12.1. The second-order valence-electron chi connectivity index (χ2n) is 6.97. The minimum absolute atomic E-state index is 0.137. The van der Waals surface area contributed by atoms with Crippen LogP contribution in [-0.4, -0.2) is 55.3 Å². The molecule has 1 saturated heterocycles. The quantitative estimate of drug-likeness (QED) is 0.837. The highest BCUT2D eigenvalue weighted by Crippen LogP contribution is 2.30. The zero-order valence-electron chi connectivity index (χ0n) is 15.0. The summed E-state index contributed by atoms with van der Waals surface area (Å²) in [7, 11) is 0. The first kappa shape index (κ1) is 16.3. The largest absolute Gasteiger partial charge is 0.361 e. The molecule has 8 heteroatoms. The summed E-state index contributed by atoms with van der Waals surface area (Å²) in [5.74, 6) is 2.57. The third-order valence-electron chi connectivity index (χ3n) is 5.38. The lowest BCUT2D eigenvalue weighted by Gasteiger charge is -2.36. The van der Waals surface area contributed by atoms with Crippen LogP contribution >= 0.6 is 0 Å². The summed E-state index contributed by atoms with van der Waals surface area (Å²) in [6, 6.07) is -0.387. The van der Waals surface area contributed by atoms with Crippen LogP contribution in [0, 0.1) is 20.8 Å². The fourth-order valence-electron chi connectivity index (χ4n) is 3.87. The zero-order valence-corrected chi connectivity index (χ0v) is 15.0. The van der Waals surface area contributed by atoms with Crippen molar-refractivity contribution in [1.82, 2.24) is 29.7 Å². The summed E-state index contributed by atoms with van der Waals surface area (Å²) < 4.78 is 7.37. The van der Waals surface area contributed by atoms with Crippen molar-refractivity contribution in [2.45, 2.75) is 52.7 Å². The van der Waals surface area contributed by atoms with Crippen molar-refractivity contribution in [3.05, 3.63) is 28.7 Å². The van der Waals surface area contributed by atoms with E-state index in [0.717, 1.165) is 67.7 Å². The number of amides is 1. The first-order valence-corrected chi connectivity index (χ1v) is 8.90. The van der Waals surface area contributed by atoms with Gasteiger partial charge in [0.15, 0.2) is 11.9 Å². The third-order valence-corrected chi connectivity index (χ3v) is 5.38. The van der Waals surface area contributed by atoms with E-state index >= 15 is 0 Å². The maximum Gasteiger partial charge on any atom is 0.247 e. The Balaban J connectivity index is 1.68. The molecule has 25 heavy (non-hydrogen) atoms. The standard InChI is InChI=1S/C17H24N6O2/c1-11-14(12(2)25-20-11)10-22-8-9-23-13(3)18-19-16(23)15(22)17(24)21-6-4-5-7-21/h15H,4-10H2,1-3H3. The fraction of sp³-hybridized carbons (Fsp3) is 0.647. The average molecular weight is 344 g/mol. The van der Waals surface area contributed by atoms with E-state index in [-0.39, 0.29) is 11.9 Å². The van der Waals surface area contributed by atoms with Crippen LogP contribution in [0.5, 0.6) is 0 Å². The first-order valence-electron chi connectivity index (χ1n) is 8.90. The van der Waals surface area contributed by atoms with Gasteiger partial charge in [-0.05, 0) is 33.6 Å². The molecule has 8 nitrogen and oxygen atoms in total. The highest BCUT2D eigenvalue weighted by Gasteiger charge is 2.39. The SMILES string of the molecule is Cc1noc(C)c1CN1CCn2c(C)nnc2C1C(=O)N1CCCC1.